The van der Waals surface area contributed by atoms with Gasteiger partial charge in [-0.25, -0.2) is 4.98 Å². The summed E-state index contributed by atoms with van der Waals surface area (Å²) in [6.45, 7) is 1.61. The Morgan fingerprint density at radius 2 is 1.68 bits per heavy atom. The van der Waals surface area contributed by atoms with Crippen LogP contribution in [0.1, 0.15) is 6.42 Å². The zero-order valence-corrected chi connectivity index (χ0v) is 12.8. The van der Waals surface area contributed by atoms with E-state index in [1.165, 1.54) is 16.5 Å². The first-order chi connectivity index (χ1) is 10.9. The van der Waals surface area contributed by atoms with Crippen molar-refractivity contribution in [3.05, 3.63) is 60.8 Å². The van der Waals surface area contributed by atoms with Crippen LogP contribution < -0.4 is 5.32 Å². The summed E-state index contributed by atoms with van der Waals surface area (Å²) in [6, 6.07) is 18.8. The first kappa shape index (κ1) is 14.5. The quantitative estimate of drug-likeness (QED) is 0.686. The summed E-state index contributed by atoms with van der Waals surface area (Å²) >= 11 is 0. The van der Waals surface area contributed by atoms with Gasteiger partial charge in [-0.1, -0.05) is 54.6 Å². The number of nitrogens with zero attached hydrogens (tertiary/aromatic N) is 1. The molecule has 22 heavy (non-hydrogen) atoms. The molecule has 3 heteroatoms. The van der Waals surface area contributed by atoms with E-state index < -0.39 is 0 Å². The van der Waals surface area contributed by atoms with E-state index in [-0.39, 0.29) is 0 Å². The average Bonchev–Trinajstić information content (AvgIpc) is 2.59. The molecular weight excluding hydrogens is 272 g/mol. The Balaban J connectivity index is 1.97. The molecular formula is C19H20N2O. The first-order valence-electron chi connectivity index (χ1n) is 7.56. The molecule has 0 unspecified atom stereocenters. The lowest BCUT2D eigenvalue weighted by Gasteiger charge is -2.12. The largest absolute Gasteiger partial charge is 0.385 e. The standard InChI is InChI=1S/C19H20N2O/c1-22-13-7-12-20-19-17-11-6-5-10-16(17)18(14-21-19)15-8-3-2-4-9-15/h2-6,8-11,14H,7,12-13H2,1H3,(H,20,21). The van der Waals surface area contributed by atoms with Gasteiger partial charge in [-0.3, -0.25) is 0 Å². The molecule has 1 heterocycles. The van der Waals surface area contributed by atoms with E-state index >= 15 is 0 Å². The Kier molecular flexibility index (Phi) is 4.66. The van der Waals surface area contributed by atoms with E-state index in [2.05, 4.69) is 58.8 Å². The Labute approximate surface area is 131 Å². The number of benzene rings is 2. The summed E-state index contributed by atoms with van der Waals surface area (Å²) in [5, 5.41) is 5.78. The number of nitrogens with one attached hydrogen (secondary N) is 1. The Morgan fingerprint density at radius 3 is 2.45 bits per heavy atom. The van der Waals surface area contributed by atoms with Crippen LogP contribution >= 0.6 is 0 Å². The van der Waals surface area contributed by atoms with E-state index in [0.717, 1.165) is 30.8 Å². The normalized spacial score (nSPS) is 10.8. The third kappa shape index (κ3) is 3.10. The molecule has 1 N–H and O–H groups in total. The number of pyridine rings is 1. The summed E-state index contributed by atoms with van der Waals surface area (Å²) in [6.07, 6.45) is 2.92. The van der Waals surface area contributed by atoms with E-state index in [4.69, 9.17) is 4.74 Å². The molecule has 112 valence electrons. The van der Waals surface area contributed by atoms with Gasteiger partial charge in [-0.05, 0) is 17.4 Å². The molecule has 0 spiro atoms. The molecule has 0 saturated heterocycles. The van der Waals surface area contributed by atoms with Crippen LogP contribution in [0.5, 0.6) is 0 Å². The maximum atomic E-state index is 5.08. The molecule has 3 rings (SSSR count). The van der Waals surface area contributed by atoms with Crippen molar-refractivity contribution >= 4 is 16.6 Å². The number of anilines is 1. The van der Waals surface area contributed by atoms with Gasteiger partial charge >= 0.3 is 0 Å². The molecule has 3 nitrogen and oxygen atoms in total. The van der Waals surface area contributed by atoms with E-state index in [1.54, 1.807) is 7.11 Å². The SMILES string of the molecule is COCCCNc1ncc(-c2ccccc2)c2ccccc12. The van der Waals surface area contributed by atoms with Crippen molar-refractivity contribution < 1.29 is 4.74 Å². The molecule has 0 aliphatic heterocycles. The minimum atomic E-state index is 0.757. The lowest BCUT2D eigenvalue weighted by atomic mass is 10.0. The molecule has 0 aliphatic carbocycles. The van der Waals surface area contributed by atoms with Crippen LogP contribution in [0.2, 0.25) is 0 Å². The fourth-order valence-electron chi connectivity index (χ4n) is 2.60. The minimum absolute atomic E-state index is 0.757. The highest BCUT2D eigenvalue weighted by atomic mass is 16.5. The van der Waals surface area contributed by atoms with Crippen LogP contribution in [-0.4, -0.2) is 25.2 Å². The van der Waals surface area contributed by atoms with Crippen LogP contribution in [0.25, 0.3) is 21.9 Å². The van der Waals surface area contributed by atoms with Crippen LogP contribution in [-0.2, 0) is 4.74 Å². The molecule has 0 fully saturated rings. The maximum Gasteiger partial charge on any atom is 0.133 e. The molecule has 0 aliphatic rings. The smallest absolute Gasteiger partial charge is 0.133 e. The van der Waals surface area contributed by atoms with Crippen LogP contribution in [0.4, 0.5) is 5.82 Å². The molecule has 0 atom stereocenters. The van der Waals surface area contributed by atoms with Crippen LogP contribution in [0.15, 0.2) is 60.8 Å². The summed E-state index contributed by atoms with van der Waals surface area (Å²) < 4.78 is 5.08. The molecule has 0 bridgehead atoms. The molecule has 1 aromatic heterocycles. The topological polar surface area (TPSA) is 34.1 Å². The van der Waals surface area contributed by atoms with Crippen molar-refractivity contribution in [2.75, 3.05) is 25.6 Å². The Hall–Kier alpha value is -2.39. The van der Waals surface area contributed by atoms with Crippen molar-refractivity contribution in [3.63, 3.8) is 0 Å². The molecule has 0 radical (unpaired) electrons. The molecule has 3 aromatic rings. The summed E-state index contributed by atoms with van der Waals surface area (Å²) in [7, 11) is 1.72. The minimum Gasteiger partial charge on any atom is -0.385 e. The predicted molar refractivity (Wildman–Crippen MR) is 92.2 cm³/mol. The second kappa shape index (κ2) is 7.05. The van der Waals surface area contributed by atoms with Gasteiger partial charge in [0.25, 0.3) is 0 Å². The van der Waals surface area contributed by atoms with Crippen LogP contribution in [0, 0.1) is 0 Å². The Bertz CT molecular complexity index is 741. The van der Waals surface area contributed by atoms with Crippen molar-refractivity contribution in [3.8, 4) is 11.1 Å². The van der Waals surface area contributed by atoms with Crippen molar-refractivity contribution in [1.29, 1.82) is 0 Å². The molecule has 2 aromatic carbocycles. The third-order valence-electron chi connectivity index (χ3n) is 3.70. The number of hydrogen-bond acceptors (Lipinski definition) is 3. The monoisotopic (exact) mass is 292 g/mol. The van der Waals surface area contributed by atoms with Gasteiger partial charge in [0.2, 0.25) is 0 Å². The van der Waals surface area contributed by atoms with Crippen molar-refractivity contribution in [2.24, 2.45) is 0 Å². The van der Waals surface area contributed by atoms with Gasteiger partial charge in [-0.2, -0.15) is 0 Å². The highest BCUT2D eigenvalue weighted by Crippen LogP contribution is 2.31. The summed E-state index contributed by atoms with van der Waals surface area (Å²) in [5.41, 5.74) is 2.36. The lowest BCUT2D eigenvalue weighted by molar-refractivity contribution is 0.198. The number of fused-ring (bicyclic) bond motifs is 1. The average molecular weight is 292 g/mol. The highest BCUT2D eigenvalue weighted by molar-refractivity contribution is 6.01. The van der Waals surface area contributed by atoms with E-state index in [0.29, 0.717) is 0 Å². The second-order valence-electron chi connectivity index (χ2n) is 5.21. The number of hydrogen-bond donors (Lipinski definition) is 1. The van der Waals surface area contributed by atoms with Gasteiger partial charge in [0.05, 0.1) is 0 Å². The number of aromatic nitrogens is 1. The maximum absolute atomic E-state index is 5.08. The van der Waals surface area contributed by atoms with Gasteiger partial charge in [0, 0.05) is 37.4 Å². The van der Waals surface area contributed by atoms with Crippen LogP contribution in [0.3, 0.4) is 0 Å². The van der Waals surface area contributed by atoms with Gasteiger partial charge in [-0.15, -0.1) is 0 Å². The van der Waals surface area contributed by atoms with Crippen molar-refractivity contribution in [2.45, 2.75) is 6.42 Å². The van der Waals surface area contributed by atoms with E-state index in [1.807, 2.05) is 12.3 Å². The van der Waals surface area contributed by atoms with Gasteiger partial charge in [0.1, 0.15) is 5.82 Å². The van der Waals surface area contributed by atoms with Gasteiger partial charge < -0.3 is 10.1 Å². The zero-order valence-electron chi connectivity index (χ0n) is 12.8. The number of methoxy groups -OCH3 is 1. The first-order valence-corrected chi connectivity index (χ1v) is 7.56. The summed E-state index contributed by atoms with van der Waals surface area (Å²) in [4.78, 5) is 4.63. The third-order valence-corrected chi connectivity index (χ3v) is 3.70. The second-order valence-corrected chi connectivity index (χ2v) is 5.21. The fourth-order valence-corrected chi connectivity index (χ4v) is 2.60. The number of ether oxygens (including phenoxy) is 1. The fraction of sp³-hybridized carbons (Fsp3) is 0.211. The van der Waals surface area contributed by atoms with Crippen molar-refractivity contribution in [1.82, 2.24) is 4.98 Å². The predicted octanol–water partition coefficient (Wildman–Crippen LogP) is 4.35. The summed E-state index contributed by atoms with van der Waals surface area (Å²) in [5.74, 6) is 0.936. The molecule has 0 saturated carbocycles. The number of rotatable bonds is 6. The van der Waals surface area contributed by atoms with Gasteiger partial charge in [0.15, 0.2) is 0 Å². The van der Waals surface area contributed by atoms with E-state index in [9.17, 15) is 0 Å². The zero-order chi connectivity index (χ0) is 15.2. The molecule has 0 amide bonds. The lowest BCUT2D eigenvalue weighted by Crippen LogP contribution is -2.06. The highest BCUT2D eigenvalue weighted by Gasteiger charge is 2.08. The Morgan fingerprint density at radius 1 is 0.955 bits per heavy atom.